The minimum absolute atomic E-state index is 0.0532. The first-order chi connectivity index (χ1) is 12.8. The van der Waals surface area contributed by atoms with Crippen LogP contribution in [0.4, 0.5) is 0 Å². The highest BCUT2D eigenvalue weighted by molar-refractivity contribution is 8.00. The number of hydrogen-bond acceptors (Lipinski definition) is 6. The fraction of sp³-hybridized carbons (Fsp3) is 0.316. The smallest absolute Gasteiger partial charge is 0.230 e. The van der Waals surface area contributed by atoms with Crippen LogP contribution in [0.3, 0.4) is 0 Å². The average Bonchev–Trinajstić information content (AvgIpc) is 3.11. The molecular formula is C19H21N3OS3. The first kappa shape index (κ1) is 19.2. The number of nitrogens with one attached hydrogen (secondary N) is 1. The topological polar surface area (TPSA) is 54.9 Å². The number of nitrogens with zero attached hydrogens (tertiary/aromatic N) is 2. The second-order valence-corrected chi connectivity index (χ2v) is 8.87. The van der Waals surface area contributed by atoms with E-state index >= 15 is 0 Å². The van der Waals surface area contributed by atoms with Gasteiger partial charge in [-0.25, -0.2) is 9.97 Å². The molecule has 0 aliphatic carbocycles. The van der Waals surface area contributed by atoms with Crippen molar-refractivity contribution < 1.29 is 4.79 Å². The van der Waals surface area contributed by atoms with E-state index in [1.165, 1.54) is 21.5 Å². The Labute approximate surface area is 166 Å². The van der Waals surface area contributed by atoms with Gasteiger partial charge in [0, 0.05) is 21.7 Å². The number of thioether (sulfide) groups is 2. The van der Waals surface area contributed by atoms with E-state index in [0.29, 0.717) is 12.3 Å². The summed E-state index contributed by atoms with van der Waals surface area (Å²) in [6, 6.07) is 12.5. The Morgan fingerprint density at radius 3 is 2.85 bits per heavy atom. The van der Waals surface area contributed by atoms with E-state index in [2.05, 4.69) is 40.4 Å². The van der Waals surface area contributed by atoms with Crippen LogP contribution in [0.5, 0.6) is 0 Å². The van der Waals surface area contributed by atoms with Crippen molar-refractivity contribution >= 4 is 51.0 Å². The number of hydrogen-bond donors (Lipinski definition) is 1. The van der Waals surface area contributed by atoms with Gasteiger partial charge in [0.15, 0.2) is 0 Å². The monoisotopic (exact) mass is 403 g/mol. The summed E-state index contributed by atoms with van der Waals surface area (Å²) in [4.78, 5) is 24.3. The highest BCUT2D eigenvalue weighted by Gasteiger charge is 2.10. The van der Waals surface area contributed by atoms with E-state index in [1.54, 1.807) is 17.7 Å². The van der Waals surface area contributed by atoms with Gasteiger partial charge in [0.1, 0.15) is 16.2 Å². The number of rotatable bonds is 9. The summed E-state index contributed by atoms with van der Waals surface area (Å²) in [5.41, 5.74) is 0. The van der Waals surface area contributed by atoms with E-state index < -0.39 is 0 Å². The molecule has 0 atom stereocenters. The third kappa shape index (κ3) is 5.46. The van der Waals surface area contributed by atoms with Crippen molar-refractivity contribution in [2.45, 2.75) is 29.7 Å². The fourth-order valence-corrected chi connectivity index (χ4v) is 5.04. The molecular weight excluding hydrogens is 382 g/mol. The van der Waals surface area contributed by atoms with Gasteiger partial charge >= 0.3 is 0 Å². The molecule has 1 aromatic carbocycles. The van der Waals surface area contributed by atoms with Crippen LogP contribution in [0, 0.1) is 0 Å². The summed E-state index contributed by atoms with van der Waals surface area (Å²) >= 11 is 4.99. The van der Waals surface area contributed by atoms with E-state index in [4.69, 9.17) is 0 Å². The Hall–Kier alpha value is -1.57. The largest absolute Gasteiger partial charge is 0.355 e. The number of thiophene rings is 1. The summed E-state index contributed by atoms with van der Waals surface area (Å²) in [5, 5.41) is 4.94. The van der Waals surface area contributed by atoms with Crippen molar-refractivity contribution in [3.63, 3.8) is 0 Å². The molecule has 4 nitrogen and oxygen atoms in total. The number of fused-ring (bicyclic) bond motifs is 1. The Balaban J connectivity index is 1.39. The second-order valence-electron chi connectivity index (χ2n) is 5.62. The number of carbonyl (C=O) groups is 1. The molecule has 3 rings (SSSR count). The van der Waals surface area contributed by atoms with Crippen molar-refractivity contribution in [1.82, 2.24) is 15.3 Å². The third-order valence-corrected chi connectivity index (χ3v) is 6.98. The van der Waals surface area contributed by atoms with Gasteiger partial charge in [0.05, 0.1) is 5.75 Å². The Morgan fingerprint density at radius 2 is 2.04 bits per heavy atom. The van der Waals surface area contributed by atoms with Crippen molar-refractivity contribution in [3.05, 3.63) is 47.6 Å². The molecule has 0 aliphatic heterocycles. The summed E-state index contributed by atoms with van der Waals surface area (Å²) in [7, 11) is 0. The maximum atomic E-state index is 12.1. The molecule has 1 amide bonds. The SMILES string of the molecule is CCc1cc2c(SCC(=O)NCCCSc3ccccc3)ncnc2s1. The number of carbonyl (C=O) groups excluding carboxylic acids is 1. The molecule has 0 spiro atoms. The average molecular weight is 404 g/mol. The number of aryl methyl sites for hydroxylation is 1. The van der Waals surface area contributed by atoms with Crippen LogP contribution >= 0.6 is 34.9 Å². The van der Waals surface area contributed by atoms with E-state index in [1.807, 2.05) is 30.0 Å². The molecule has 0 fully saturated rings. The minimum Gasteiger partial charge on any atom is -0.355 e. The minimum atomic E-state index is 0.0532. The standard InChI is InChI=1S/C19H21N3OS3/c1-2-14-11-16-18(21-13-22-19(16)26-14)25-12-17(23)20-9-6-10-24-15-7-4-3-5-8-15/h3-5,7-8,11,13H,2,6,9-10,12H2,1H3,(H,20,23). The lowest BCUT2D eigenvalue weighted by atomic mass is 10.3. The molecule has 0 radical (unpaired) electrons. The number of benzene rings is 1. The van der Waals surface area contributed by atoms with E-state index in [0.717, 1.165) is 33.8 Å². The molecule has 0 unspecified atom stereocenters. The molecule has 0 bridgehead atoms. The van der Waals surface area contributed by atoms with Crippen LogP contribution in [-0.4, -0.2) is 33.9 Å². The van der Waals surface area contributed by atoms with Crippen molar-refractivity contribution in [2.24, 2.45) is 0 Å². The lowest BCUT2D eigenvalue weighted by Crippen LogP contribution is -2.26. The lowest BCUT2D eigenvalue weighted by molar-refractivity contribution is -0.118. The van der Waals surface area contributed by atoms with Gasteiger partial charge in [-0.05, 0) is 36.8 Å². The molecule has 26 heavy (non-hydrogen) atoms. The van der Waals surface area contributed by atoms with E-state index in [-0.39, 0.29) is 5.91 Å². The first-order valence-corrected chi connectivity index (χ1v) is 11.4. The van der Waals surface area contributed by atoms with Crippen LogP contribution in [0.1, 0.15) is 18.2 Å². The fourth-order valence-electron chi connectivity index (χ4n) is 2.36. The summed E-state index contributed by atoms with van der Waals surface area (Å²) in [5.74, 6) is 1.44. The predicted octanol–water partition coefficient (Wildman–Crippen LogP) is 4.64. The zero-order valence-electron chi connectivity index (χ0n) is 14.6. The first-order valence-electron chi connectivity index (χ1n) is 8.57. The van der Waals surface area contributed by atoms with Gasteiger partial charge in [0.2, 0.25) is 5.91 Å². The zero-order valence-corrected chi connectivity index (χ0v) is 17.1. The quantitative estimate of drug-likeness (QED) is 0.320. The van der Waals surface area contributed by atoms with Crippen LogP contribution in [0.2, 0.25) is 0 Å². The highest BCUT2D eigenvalue weighted by atomic mass is 32.2. The number of amides is 1. The summed E-state index contributed by atoms with van der Waals surface area (Å²) in [6.45, 7) is 2.84. The van der Waals surface area contributed by atoms with Gasteiger partial charge in [-0.3, -0.25) is 4.79 Å². The van der Waals surface area contributed by atoms with Gasteiger partial charge in [-0.2, -0.15) is 0 Å². The maximum Gasteiger partial charge on any atom is 0.230 e. The molecule has 1 N–H and O–H groups in total. The third-order valence-electron chi connectivity index (χ3n) is 3.69. The molecule has 7 heteroatoms. The van der Waals surface area contributed by atoms with Crippen molar-refractivity contribution in [3.8, 4) is 0 Å². The zero-order chi connectivity index (χ0) is 18.2. The van der Waals surface area contributed by atoms with Gasteiger partial charge in [-0.1, -0.05) is 36.9 Å². The van der Waals surface area contributed by atoms with Gasteiger partial charge < -0.3 is 5.32 Å². The molecule has 0 aliphatic rings. The normalized spacial score (nSPS) is 11.0. The van der Waals surface area contributed by atoms with Gasteiger partial charge in [0.25, 0.3) is 0 Å². The van der Waals surface area contributed by atoms with Crippen LogP contribution < -0.4 is 5.32 Å². The Morgan fingerprint density at radius 1 is 1.19 bits per heavy atom. The van der Waals surface area contributed by atoms with E-state index in [9.17, 15) is 4.79 Å². The summed E-state index contributed by atoms with van der Waals surface area (Å²) in [6.07, 6.45) is 3.53. The molecule has 2 heterocycles. The number of aromatic nitrogens is 2. The molecule has 2 aromatic heterocycles. The summed E-state index contributed by atoms with van der Waals surface area (Å²) < 4.78 is 0. The lowest BCUT2D eigenvalue weighted by Gasteiger charge is -2.05. The predicted molar refractivity (Wildman–Crippen MR) is 112 cm³/mol. The van der Waals surface area contributed by atoms with Gasteiger partial charge in [-0.15, -0.1) is 23.1 Å². The Bertz CT molecular complexity index is 852. The molecule has 3 aromatic rings. The van der Waals surface area contributed by atoms with Crippen LogP contribution in [0.25, 0.3) is 10.2 Å². The van der Waals surface area contributed by atoms with Crippen molar-refractivity contribution in [1.29, 1.82) is 0 Å². The van der Waals surface area contributed by atoms with Crippen LogP contribution in [-0.2, 0) is 11.2 Å². The van der Waals surface area contributed by atoms with Crippen molar-refractivity contribution in [2.75, 3.05) is 18.1 Å². The maximum absolute atomic E-state index is 12.1. The second kappa shape index (κ2) is 9.94. The van der Waals surface area contributed by atoms with Crippen LogP contribution in [0.15, 0.2) is 52.6 Å². The highest BCUT2D eigenvalue weighted by Crippen LogP contribution is 2.30. The Kier molecular flexibility index (Phi) is 7.34. The molecule has 0 saturated carbocycles. The molecule has 0 saturated heterocycles. The molecule has 136 valence electrons.